The summed E-state index contributed by atoms with van der Waals surface area (Å²) in [7, 11) is -3.17. The second-order valence-corrected chi connectivity index (χ2v) is 6.02. The van der Waals surface area contributed by atoms with Gasteiger partial charge in [0.05, 0.1) is 5.75 Å². The van der Waals surface area contributed by atoms with Gasteiger partial charge in [-0.15, -0.1) is 0 Å². The number of sulfonamides is 1. The summed E-state index contributed by atoms with van der Waals surface area (Å²) in [4.78, 5) is 0. The maximum absolute atomic E-state index is 11.5. The first-order valence-electron chi connectivity index (χ1n) is 5.20. The Bertz CT molecular complexity index is 428. The van der Waals surface area contributed by atoms with E-state index in [1.165, 1.54) is 0 Å². The molecule has 0 heterocycles. The van der Waals surface area contributed by atoms with Crippen LogP contribution in [0, 0.1) is 0 Å². The molecular weight excluding hydrogens is 246 g/mol. The van der Waals surface area contributed by atoms with E-state index >= 15 is 0 Å². The SMILES string of the molecule is CCCS(=O)(=O)N[C@@H](C)c1ccc(Cl)cc1. The third kappa shape index (κ3) is 4.12. The highest BCUT2D eigenvalue weighted by molar-refractivity contribution is 7.89. The number of benzene rings is 1. The van der Waals surface area contributed by atoms with Gasteiger partial charge in [0.25, 0.3) is 0 Å². The summed E-state index contributed by atoms with van der Waals surface area (Å²) < 4.78 is 25.7. The van der Waals surface area contributed by atoms with Crippen LogP contribution in [-0.4, -0.2) is 14.2 Å². The first-order valence-corrected chi connectivity index (χ1v) is 7.23. The Morgan fingerprint density at radius 1 is 1.31 bits per heavy atom. The van der Waals surface area contributed by atoms with Gasteiger partial charge in [-0.3, -0.25) is 0 Å². The molecule has 90 valence electrons. The number of hydrogen-bond acceptors (Lipinski definition) is 2. The fourth-order valence-corrected chi connectivity index (χ4v) is 2.87. The Hall–Kier alpha value is -0.580. The summed E-state index contributed by atoms with van der Waals surface area (Å²) in [6.45, 7) is 3.66. The first kappa shape index (κ1) is 13.5. The molecular formula is C11H16ClNO2S. The Balaban J connectivity index is 2.72. The lowest BCUT2D eigenvalue weighted by Crippen LogP contribution is -2.28. The molecule has 0 unspecified atom stereocenters. The molecule has 3 nitrogen and oxygen atoms in total. The summed E-state index contributed by atoms with van der Waals surface area (Å²) in [5.74, 6) is 0.158. The fourth-order valence-electron chi connectivity index (χ4n) is 1.42. The molecule has 0 saturated heterocycles. The molecule has 0 fully saturated rings. The number of nitrogens with one attached hydrogen (secondary N) is 1. The number of rotatable bonds is 5. The predicted molar refractivity (Wildman–Crippen MR) is 67.1 cm³/mol. The van der Waals surface area contributed by atoms with Crippen LogP contribution in [0.5, 0.6) is 0 Å². The Morgan fingerprint density at radius 3 is 2.38 bits per heavy atom. The van der Waals surface area contributed by atoms with Gasteiger partial charge in [-0.05, 0) is 31.0 Å². The van der Waals surface area contributed by atoms with Gasteiger partial charge in [0.15, 0.2) is 0 Å². The van der Waals surface area contributed by atoms with Crippen molar-refractivity contribution in [2.75, 3.05) is 5.75 Å². The van der Waals surface area contributed by atoms with Gasteiger partial charge >= 0.3 is 0 Å². The fraction of sp³-hybridized carbons (Fsp3) is 0.455. The minimum atomic E-state index is -3.17. The molecule has 16 heavy (non-hydrogen) atoms. The van der Waals surface area contributed by atoms with Gasteiger partial charge in [-0.2, -0.15) is 0 Å². The standard InChI is InChI=1S/C11H16ClNO2S/c1-3-8-16(14,15)13-9(2)10-4-6-11(12)7-5-10/h4-7,9,13H,3,8H2,1-2H3/t9-/m0/s1. The molecule has 0 aliphatic heterocycles. The van der Waals surface area contributed by atoms with Crippen LogP contribution in [0.4, 0.5) is 0 Å². The van der Waals surface area contributed by atoms with Crippen LogP contribution in [-0.2, 0) is 10.0 Å². The molecule has 1 aromatic carbocycles. The maximum Gasteiger partial charge on any atom is 0.212 e. The molecule has 1 atom stereocenters. The van der Waals surface area contributed by atoms with E-state index in [1.807, 2.05) is 26.0 Å². The molecule has 0 aromatic heterocycles. The van der Waals surface area contributed by atoms with Crippen LogP contribution in [0.15, 0.2) is 24.3 Å². The number of halogens is 1. The topological polar surface area (TPSA) is 46.2 Å². The van der Waals surface area contributed by atoms with E-state index in [9.17, 15) is 8.42 Å². The highest BCUT2D eigenvalue weighted by atomic mass is 35.5. The van der Waals surface area contributed by atoms with E-state index in [1.54, 1.807) is 12.1 Å². The summed E-state index contributed by atoms with van der Waals surface area (Å²) in [5, 5.41) is 0.646. The third-order valence-corrected chi connectivity index (χ3v) is 4.11. The lowest BCUT2D eigenvalue weighted by atomic mass is 10.1. The average molecular weight is 262 g/mol. The zero-order valence-electron chi connectivity index (χ0n) is 9.40. The lowest BCUT2D eigenvalue weighted by Gasteiger charge is -2.14. The zero-order chi connectivity index (χ0) is 12.2. The van der Waals surface area contributed by atoms with Crippen molar-refractivity contribution in [3.63, 3.8) is 0 Å². The molecule has 0 bridgehead atoms. The Morgan fingerprint density at radius 2 is 1.88 bits per heavy atom. The van der Waals surface area contributed by atoms with Crippen molar-refractivity contribution in [2.24, 2.45) is 0 Å². The van der Waals surface area contributed by atoms with Crippen molar-refractivity contribution in [2.45, 2.75) is 26.3 Å². The summed E-state index contributed by atoms with van der Waals surface area (Å²) >= 11 is 5.76. The molecule has 1 N–H and O–H groups in total. The molecule has 0 aliphatic rings. The predicted octanol–water partition coefficient (Wildman–Crippen LogP) is 2.73. The zero-order valence-corrected chi connectivity index (χ0v) is 11.0. The summed E-state index contributed by atoms with van der Waals surface area (Å²) in [6, 6.07) is 6.92. The van der Waals surface area contributed by atoms with Crippen molar-refractivity contribution >= 4 is 21.6 Å². The number of hydrogen-bond donors (Lipinski definition) is 1. The highest BCUT2D eigenvalue weighted by Gasteiger charge is 2.14. The van der Waals surface area contributed by atoms with E-state index in [0.29, 0.717) is 11.4 Å². The molecule has 5 heteroatoms. The maximum atomic E-state index is 11.5. The van der Waals surface area contributed by atoms with Gasteiger partial charge in [0.1, 0.15) is 0 Å². The Labute approximate surface area is 102 Å². The average Bonchev–Trinajstić information content (AvgIpc) is 2.17. The van der Waals surface area contributed by atoms with Gasteiger partial charge in [-0.1, -0.05) is 30.7 Å². The van der Waals surface area contributed by atoms with Crippen LogP contribution in [0.2, 0.25) is 5.02 Å². The molecule has 1 rings (SSSR count). The third-order valence-electron chi connectivity index (χ3n) is 2.20. The lowest BCUT2D eigenvalue weighted by molar-refractivity contribution is 0.565. The van der Waals surface area contributed by atoms with E-state index in [0.717, 1.165) is 5.56 Å². The second kappa shape index (κ2) is 5.66. The van der Waals surface area contributed by atoms with Crippen molar-refractivity contribution in [3.05, 3.63) is 34.9 Å². The molecule has 0 saturated carbocycles. The monoisotopic (exact) mass is 261 g/mol. The van der Waals surface area contributed by atoms with Crippen LogP contribution in [0.25, 0.3) is 0 Å². The van der Waals surface area contributed by atoms with E-state index in [2.05, 4.69) is 4.72 Å². The highest BCUT2D eigenvalue weighted by Crippen LogP contribution is 2.16. The summed E-state index contributed by atoms with van der Waals surface area (Å²) in [5.41, 5.74) is 0.907. The largest absolute Gasteiger partial charge is 0.212 e. The van der Waals surface area contributed by atoms with Gasteiger partial charge in [0, 0.05) is 11.1 Å². The Kier molecular flexibility index (Phi) is 4.77. The minimum Gasteiger partial charge on any atom is -0.212 e. The van der Waals surface area contributed by atoms with Gasteiger partial charge in [-0.25, -0.2) is 13.1 Å². The molecule has 0 aliphatic carbocycles. The van der Waals surface area contributed by atoms with Crippen molar-refractivity contribution in [1.29, 1.82) is 0 Å². The minimum absolute atomic E-state index is 0.158. The molecule has 0 radical (unpaired) electrons. The van der Waals surface area contributed by atoms with Crippen LogP contribution in [0.3, 0.4) is 0 Å². The quantitative estimate of drug-likeness (QED) is 0.886. The van der Waals surface area contributed by atoms with Crippen LogP contribution < -0.4 is 4.72 Å². The van der Waals surface area contributed by atoms with E-state index < -0.39 is 10.0 Å². The molecule has 0 spiro atoms. The van der Waals surface area contributed by atoms with Gasteiger partial charge < -0.3 is 0 Å². The van der Waals surface area contributed by atoms with Crippen molar-refractivity contribution in [1.82, 2.24) is 4.72 Å². The van der Waals surface area contributed by atoms with Gasteiger partial charge in [0.2, 0.25) is 10.0 Å². The molecule has 1 aromatic rings. The van der Waals surface area contributed by atoms with Crippen molar-refractivity contribution < 1.29 is 8.42 Å². The summed E-state index contributed by atoms with van der Waals surface area (Å²) in [6.07, 6.45) is 0.614. The van der Waals surface area contributed by atoms with Crippen LogP contribution >= 0.6 is 11.6 Å². The first-order chi connectivity index (χ1) is 7.44. The molecule has 0 amide bonds. The van der Waals surface area contributed by atoms with Crippen molar-refractivity contribution in [3.8, 4) is 0 Å². The smallest absolute Gasteiger partial charge is 0.212 e. The van der Waals surface area contributed by atoms with E-state index in [-0.39, 0.29) is 11.8 Å². The normalized spacial score (nSPS) is 13.7. The van der Waals surface area contributed by atoms with E-state index in [4.69, 9.17) is 11.6 Å². The van der Waals surface area contributed by atoms with Crippen LogP contribution in [0.1, 0.15) is 31.9 Å². The second-order valence-electron chi connectivity index (χ2n) is 3.71.